The second kappa shape index (κ2) is 5.26. The van der Waals surface area contributed by atoms with E-state index in [-0.39, 0.29) is 5.41 Å². The topological polar surface area (TPSA) is 0 Å². The summed E-state index contributed by atoms with van der Waals surface area (Å²) < 4.78 is 3.47. The van der Waals surface area contributed by atoms with Gasteiger partial charge in [-0.3, -0.25) is 0 Å². The van der Waals surface area contributed by atoms with Crippen LogP contribution in [0.15, 0.2) is 43.7 Å². The van der Waals surface area contributed by atoms with Crippen LogP contribution in [-0.2, 0) is 5.41 Å². The molecule has 0 N–H and O–H groups in total. The van der Waals surface area contributed by atoms with Crippen molar-refractivity contribution in [1.82, 2.24) is 0 Å². The molecule has 2 aromatic carbocycles. The zero-order valence-corrected chi connectivity index (χ0v) is 16.2. The van der Waals surface area contributed by atoms with Crippen molar-refractivity contribution < 1.29 is 0 Å². The van der Waals surface area contributed by atoms with Gasteiger partial charge >= 0.3 is 0 Å². The van der Waals surface area contributed by atoms with Crippen LogP contribution in [0.1, 0.15) is 37.8 Å². The van der Waals surface area contributed by atoms with Crippen LogP contribution in [0.2, 0.25) is 0 Å². The molecule has 1 aliphatic rings. The molecule has 20 heavy (non-hydrogen) atoms. The summed E-state index contributed by atoms with van der Waals surface area (Å²) in [4.78, 5) is 0. The quantitative estimate of drug-likeness (QED) is 0.451. The summed E-state index contributed by atoms with van der Waals surface area (Å²) in [6, 6.07) is 11.1. The molecule has 3 heteroatoms. The van der Waals surface area contributed by atoms with E-state index in [1.54, 1.807) is 0 Å². The second-order valence-corrected chi connectivity index (χ2v) is 7.97. The van der Waals surface area contributed by atoms with Crippen molar-refractivity contribution in [2.24, 2.45) is 0 Å². The van der Waals surface area contributed by atoms with Crippen LogP contribution in [0.5, 0.6) is 0 Å². The zero-order chi connectivity index (χ0) is 14.5. The Bertz CT molecular complexity index is 685. The van der Waals surface area contributed by atoms with E-state index >= 15 is 0 Å². The molecule has 0 fully saturated rings. The SMILES string of the molecule is CCC1(CC)c2cc(Br)ccc2-c2c(Br)cc(Br)cc21. The lowest BCUT2D eigenvalue weighted by atomic mass is 9.74. The fourth-order valence-corrected chi connectivity index (χ4v) is 5.31. The van der Waals surface area contributed by atoms with Crippen molar-refractivity contribution in [3.05, 3.63) is 54.9 Å². The number of benzene rings is 2. The first-order valence-corrected chi connectivity index (χ1v) is 9.21. The third kappa shape index (κ3) is 1.97. The first-order chi connectivity index (χ1) is 9.53. The Labute approximate surface area is 145 Å². The molecule has 0 heterocycles. The normalized spacial score (nSPS) is 15.1. The van der Waals surface area contributed by atoms with E-state index in [0.29, 0.717) is 0 Å². The lowest BCUT2D eigenvalue weighted by Gasteiger charge is -2.30. The summed E-state index contributed by atoms with van der Waals surface area (Å²) in [6.45, 7) is 4.58. The largest absolute Gasteiger partial charge is 0.0642 e. The zero-order valence-electron chi connectivity index (χ0n) is 11.4. The summed E-state index contributed by atoms with van der Waals surface area (Å²) in [5, 5.41) is 0. The van der Waals surface area contributed by atoms with Crippen LogP contribution in [-0.4, -0.2) is 0 Å². The van der Waals surface area contributed by atoms with Gasteiger partial charge in [-0.2, -0.15) is 0 Å². The molecule has 0 radical (unpaired) electrons. The fourth-order valence-electron chi connectivity index (χ4n) is 3.51. The van der Waals surface area contributed by atoms with Crippen molar-refractivity contribution in [2.75, 3.05) is 0 Å². The lowest BCUT2D eigenvalue weighted by Crippen LogP contribution is -2.23. The van der Waals surface area contributed by atoms with Crippen LogP contribution in [0, 0.1) is 0 Å². The highest BCUT2D eigenvalue weighted by atomic mass is 79.9. The third-order valence-corrected chi connectivity index (χ3v) is 6.12. The van der Waals surface area contributed by atoms with Crippen molar-refractivity contribution >= 4 is 47.8 Å². The number of halogens is 3. The molecule has 1 aliphatic carbocycles. The number of hydrogen-bond acceptors (Lipinski definition) is 0. The Balaban J connectivity index is 2.44. The van der Waals surface area contributed by atoms with Crippen molar-refractivity contribution in [1.29, 1.82) is 0 Å². The summed E-state index contributed by atoms with van der Waals surface area (Å²) in [5.41, 5.74) is 5.74. The standard InChI is InChI=1S/C17H15Br3/c1-3-17(4-2)13-7-10(18)5-6-12(13)16-14(17)8-11(19)9-15(16)20/h5-9H,3-4H2,1-2H3. The number of rotatable bonds is 2. The highest BCUT2D eigenvalue weighted by molar-refractivity contribution is 9.11. The van der Waals surface area contributed by atoms with Crippen LogP contribution in [0.4, 0.5) is 0 Å². The van der Waals surface area contributed by atoms with Gasteiger partial charge in [0.05, 0.1) is 0 Å². The first kappa shape index (κ1) is 14.8. The molecule has 0 aliphatic heterocycles. The highest BCUT2D eigenvalue weighted by Crippen LogP contribution is 2.55. The van der Waals surface area contributed by atoms with Gasteiger partial charge in [-0.1, -0.05) is 67.7 Å². The molecule has 3 rings (SSSR count). The van der Waals surface area contributed by atoms with Crippen molar-refractivity contribution in [3.63, 3.8) is 0 Å². The Hall–Kier alpha value is -0.120. The maximum Gasteiger partial charge on any atom is 0.0268 e. The highest BCUT2D eigenvalue weighted by Gasteiger charge is 2.41. The van der Waals surface area contributed by atoms with Gasteiger partial charge in [-0.25, -0.2) is 0 Å². The molecule has 2 aromatic rings. The predicted octanol–water partition coefficient (Wildman–Crippen LogP) is 7.06. The van der Waals surface area contributed by atoms with E-state index in [4.69, 9.17) is 0 Å². The van der Waals surface area contributed by atoms with E-state index in [1.165, 1.54) is 26.7 Å². The van der Waals surface area contributed by atoms with Crippen LogP contribution in [0.3, 0.4) is 0 Å². The Morgan fingerprint density at radius 2 is 1.50 bits per heavy atom. The summed E-state index contributed by atoms with van der Waals surface area (Å²) >= 11 is 11.0. The monoisotopic (exact) mass is 456 g/mol. The molecule has 0 aromatic heterocycles. The minimum atomic E-state index is 0.126. The van der Waals surface area contributed by atoms with Gasteiger partial charge in [0.1, 0.15) is 0 Å². The van der Waals surface area contributed by atoms with Gasteiger partial charge in [0.2, 0.25) is 0 Å². The molecule has 104 valence electrons. The summed E-state index contributed by atoms with van der Waals surface area (Å²) in [6.07, 6.45) is 2.23. The van der Waals surface area contributed by atoms with E-state index in [1.807, 2.05) is 0 Å². The maximum atomic E-state index is 3.75. The summed E-state index contributed by atoms with van der Waals surface area (Å²) in [5.74, 6) is 0. The minimum absolute atomic E-state index is 0.126. The number of hydrogen-bond donors (Lipinski definition) is 0. The lowest BCUT2D eigenvalue weighted by molar-refractivity contribution is 0.490. The molecule has 0 bridgehead atoms. The van der Waals surface area contributed by atoms with Gasteiger partial charge < -0.3 is 0 Å². The van der Waals surface area contributed by atoms with E-state index in [0.717, 1.165) is 21.8 Å². The number of fused-ring (bicyclic) bond motifs is 3. The molecule has 0 unspecified atom stereocenters. The first-order valence-electron chi connectivity index (χ1n) is 6.83. The van der Waals surface area contributed by atoms with Gasteiger partial charge in [-0.15, -0.1) is 0 Å². The van der Waals surface area contributed by atoms with Gasteiger partial charge in [-0.05, 0) is 53.8 Å². The van der Waals surface area contributed by atoms with Crippen LogP contribution >= 0.6 is 47.8 Å². The maximum absolute atomic E-state index is 3.75. The molecule has 0 spiro atoms. The molecule has 0 atom stereocenters. The van der Waals surface area contributed by atoms with Gasteiger partial charge in [0, 0.05) is 24.4 Å². The fraction of sp³-hybridized carbons (Fsp3) is 0.294. The van der Waals surface area contributed by atoms with Gasteiger partial charge in [0.15, 0.2) is 0 Å². The molecular weight excluding hydrogens is 444 g/mol. The van der Waals surface area contributed by atoms with E-state index in [9.17, 15) is 0 Å². The predicted molar refractivity (Wildman–Crippen MR) is 96.3 cm³/mol. The minimum Gasteiger partial charge on any atom is -0.0642 e. The average molecular weight is 459 g/mol. The average Bonchev–Trinajstić information content (AvgIpc) is 2.68. The van der Waals surface area contributed by atoms with Crippen molar-refractivity contribution in [3.8, 4) is 11.1 Å². The Morgan fingerprint density at radius 3 is 2.15 bits per heavy atom. The Morgan fingerprint density at radius 1 is 0.850 bits per heavy atom. The van der Waals surface area contributed by atoms with E-state index < -0.39 is 0 Å². The molecule has 0 nitrogen and oxygen atoms in total. The van der Waals surface area contributed by atoms with Gasteiger partial charge in [0.25, 0.3) is 0 Å². The molecule has 0 saturated heterocycles. The smallest absolute Gasteiger partial charge is 0.0268 e. The summed E-state index contributed by atoms with van der Waals surface area (Å²) in [7, 11) is 0. The van der Waals surface area contributed by atoms with E-state index in [2.05, 4.69) is 92.0 Å². The van der Waals surface area contributed by atoms with Crippen molar-refractivity contribution in [2.45, 2.75) is 32.1 Å². The third-order valence-electron chi connectivity index (χ3n) is 4.54. The second-order valence-electron chi connectivity index (χ2n) is 5.29. The van der Waals surface area contributed by atoms with Crippen LogP contribution < -0.4 is 0 Å². The molecular formula is C17H15Br3. The molecule has 0 amide bonds. The molecule has 0 saturated carbocycles. The Kier molecular flexibility index (Phi) is 3.89. The van der Waals surface area contributed by atoms with Crippen LogP contribution in [0.25, 0.3) is 11.1 Å².